The lowest BCUT2D eigenvalue weighted by Crippen LogP contribution is -2.31. The predicted molar refractivity (Wildman–Crippen MR) is 120 cm³/mol. The van der Waals surface area contributed by atoms with Crippen LogP contribution in [0.5, 0.6) is 11.5 Å². The summed E-state index contributed by atoms with van der Waals surface area (Å²) in [7, 11) is 2.80. The van der Waals surface area contributed by atoms with Crippen molar-refractivity contribution < 1.29 is 37.0 Å². The molecular formula is C24H24F3N3O5. The van der Waals surface area contributed by atoms with E-state index in [1.165, 1.54) is 32.5 Å². The number of halogens is 3. The van der Waals surface area contributed by atoms with Gasteiger partial charge >= 0.3 is 12.1 Å². The Balaban J connectivity index is 1.92. The molecule has 186 valence electrons. The van der Waals surface area contributed by atoms with Crippen molar-refractivity contribution in [2.75, 3.05) is 20.8 Å². The molecule has 0 aliphatic carbocycles. The average Bonchev–Trinajstić information content (AvgIpc) is 3.28. The topological polar surface area (TPSA) is 91.7 Å². The van der Waals surface area contributed by atoms with Gasteiger partial charge in [-0.2, -0.15) is 18.3 Å². The van der Waals surface area contributed by atoms with Crippen LogP contribution in [0.15, 0.2) is 54.7 Å². The molecule has 1 aromatic heterocycles. The first-order chi connectivity index (χ1) is 16.7. The van der Waals surface area contributed by atoms with Gasteiger partial charge in [0.15, 0.2) is 11.4 Å². The van der Waals surface area contributed by atoms with Gasteiger partial charge in [0, 0.05) is 0 Å². The number of ether oxygens (including phenoxy) is 3. The lowest BCUT2D eigenvalue weighted by Gasteiger charge is -2.19. The Kier molecular flexibility index (Phi) is 8.00. The molecule has 0 radical (unpaired) electrons. The number of methoxy groups -OCH3 is 2. The zero-order valence-corrected chi connectivity index (χ0v) is 19.3. The van der Waals surface area contributed by atoms with Crippen LogP contribution >= 0.6 is 0 Å². The fraction of sp³-hybridized carbons (Fsp3) is 0.292. The average molecular weight is 491 g/mol. The molecule has 1 heterocycles. The van der Waals surface area contributed by atoms with Gasteiger partial charge in [0.25, 0.3) is 5.91 Å². The molecule has 0 saturated heterocycles. The fourth-order valence-electron chi connectivity index (χ4n) is 3.35. The largest absolute Gasteiger partial charge is 0.497 e. The maximum atomic E-state index is 13.1. The van der Waals surface area contributed by atoms with Gasteiger partial charge in [-0.05, 0) is 42.8 Å². The van der Waals surface area contributed by atoms with E-state index in [0.717, 1.165) is 16.8 Å². The first-order valence-electron chi connectivity index (χ1n) is 10.6. The monoisotopic (exact) mass is 491 g/mol. The lowest BCUT2D eigenvalue weighted by atomic mass is 10.0. The fourth-order valence-corrected chi connectivity index (χ4v) is 3.35. The molecule has 1 unspecified atom stereocenters. The molecule has 3 rings (SSSR count). The summed E-state index contributed by atoms with van der Waals surface area (Å²) < 4.78 is 55.9. The molecule has 0 bridgehead atoms. The van der Waals surface area contributed by atoms with Crippen molar-refractivity contribution in [3.8, 4) is 17.2 Å². The van der Waals surface area contributed by atoms with Crippen LogP contribution in [0, 0.1) is 0 Å². The van der Waals surface area contributed by atoms with Gasteiger partial charge in [0.1, 0.15) is 5.75 Å². The molecule has 8 nitrogen and oxygen atoms in total. The number of rotatable bonds is 9. The minimum absolute atomic E-state index is 0.0421. The van der Waals surface area contributed by atoms with E-state index in [2.05, 4.69) is 10.4 Å². The van der Waals surface area contributed by atoms with Crippen LogP contribution < -0.4 is 14.8 Å². The first kappa shape index (κ1) is 25.6. The quantitative estimate of drug-likeness (QED) is 0.448. The number of hydrogen-bond acceptors (Lipinski definition) is 6. The smallest absolute Gasteiger partial charge is 0.416 e. The molecule has 0 aliphatic rings. The highest BCUT2D eigenvalue weighted by Crippen LogP contribution is 2.31. The molecular weight excluding hydrogens is 467 g/mol. The number of carbonyl (C=O) groups is 2. The zero-order chi connectivity index (χ0) is 25.6. The summed E-state index contributed by atoms with van der Waals surface area (Å²) in [6.45, 7) is 1.84. The minimum atomic E-state index is -4.54. The maximum absolute atomic E-state index is 13.1. The normalized spacial score (nSPS) is 12.1. The number of benzene rings is 2. The Bertz CT molecular complexity index is 1190. The van der Waals surface area contributed by atoms with Crippen molar-refractivity contribution in [2.24, 2.45) is 0 Å². The van der Waals surface area contributed by atoms with Crippen LogP contribution in [0.2, 0.25) is 0 Å². The Labute approximate surface area is 199 Å². The van der Waals surface area contributed by atoms with Crippen molar-refractivity contribution in [3.63, 3.8) is 0 Å². The Morgan fingerprint density at radius 1 is 1.09 bits per heavy atom. The highest BCUT2D eigenvalue weighted by atomic mass is 19.4. The Hall–Kier alpha value is -4.02. The third-order valence-corrected chi connectivity index (χ3v) is 5.03. The molecule has 0 spiro atoms. The van der Waals surface area contributed by atoms with E-state index in [1.54, 1.807) is 31.2 Å². The molecule has 11 heteroatoms. The van der Waals surface area contributed by atoms with Gasteiger partial charge in [-0.15, -0.1) is 0 Å². The van der Waals surface area contributed by atoms with E-state index in [4.69, 9.17) is 14.2 Å². The second kappa shape index (κ2) is 10.9. The lowest BCUT2D eigenvalue weighted by molar-refractivity contribution is -0.143. The first-order valence-corrected chi connectivity index (χ1v) is 10.6. The number of alkyl halides is 3. The van der Waals surface area contributed by atoms with E-state index in [0.29, 0.717) is 11.3 Å². The summed E-state index contributed by atoms with van der Waals surface area (Å²) in [5.74, 6) is -0.649. The zero-order valence-electron chi connectivity index (χ0n) is 19.3. The third-order valence-electron chi connectivity index (χ3n) is 5.03. The molecule has 1 amide bonds. The predicted octanol–water partition coefficient (Wildman–Crippen LogP) is 4.33. The van der Waals surface area contributed by atoms with E-state index in [-0.39, 0.29) is 30.2 Å². The van der Waals surface area contributed by atoms with Crippen LogP contribution in [0.25, 0.3) is 5.69 Å². The van der Waals surface area contributed by atoms with E-state index < -0.39 is 29.7 Å². The molecule has 0 saturated carbocycles. The molecule has 1 atom stereocenters. The molecule has 1 N–H and O–H groups in total. The van der Waals surface area contributed by atoms with Crippen LogP contribution in [-0.2, 0) is 15.7 Å². The summed E-state index contributed by atoms with van der Waals surface area (Å²) in [6, 6.07) is 10.5. The van der Waals surface area contributed by atoms with Gasteiger partial charge in [-0.1, -0.05) is 18.2 Å². The van der Waals surface area contributed by atoms with Crippen molar-refractivity contribution >= 4 is 11.9 Å². The van der Waals surface area contributed by atoms with E-state index in [1.807, 2.05) is 0 Å². The molecule has 35 heavy (non-hydrogen) atoms. The minimum Gasteiger partial charge on any atom is -0.497 e. The Morgan fingerprint density at radius 3 is 2.49 bits per heavy atom. The molecule has 0 aliphatic heterocycles. The van der Waals surface area contributed by atoms with Gasteiger partial charge < -0.3 is 19.5 Å². The second-order valence-electron chi connectivity index (χ2n) is 7.35. The van der Waals surface area contributed by atoms with Gasteiger partial charge in [-0.25, -0.2) is 4.68 Å². The summed E-state index contributed by atoms with van der Waals surface area (Å²) >= 11 is 0. The molecule has 3 aromatic rings. The van der Waals surface area contributed by atoms with E-state index >= 15 is 0 Å². The van der Waals surface area contributed by atoms with E-state index in [9.17, 15) is 22.8 Å². The van der Waals surface area contributed by atoms with Gasteiger partial charge in [-0.3, -0.25) is 9.59 Å². The maximum Gasteiger partial charge on any atom is 0.416 e. The van der Waals surface area contributed by atoms with Crippen LogP contribution in [0.3, 0.4) is 0 Å². The number of carbonyl (C=O) groups excluding carboxylic acids is 2. The second-order valence-corrected chi connectivity index (χ2v) is 7.35. The number of nitrogens with zero attached hydrogens (tertiary/aromatic N) is 2. The number of aromatic nitrogens is 2. The van der Waals surface area contributed by atoms with Crippen LogP contribution in [-0.4, -0.2) is 42.5 Å². The molecule has 2 aromatic carbocycles. The van der Waals surface area contributed by atoms with Crippen LogP contribution in [0.4, 0.5) is 13.2 Å². The SMILES string of the molecule is CCOC(=O)CC(NC(=O)c1nn(-c2cccc(C(F)(F)F)c2)cc1OC)c1cccc(OC)c1. The number of nitrogens with one attached hydrogen (secondary N) is 1. The van der Waals surface area contributed by atoms with Crippen molar-refractivity contribution in [2.45, 2.75) is 25.6 Å². The summed E-state index contributed by atoms with van der Waals surface area (Å²) in [6.07, 6.45) is -3.40. The van der Waals surface area contributed by atoms with Crippen molar-refractivity contribution in [1.29, 1.82) is 0 Å². The Morgan fingerprint density at radius 2 is 1.83 bits per heavy atom. The third kappa shape index (κ3) is 6.31. The number of hydrogen-bond donors (Lipinski definition) is 1. The van der Waals surface area contributed by atoms with Crippen LogP contribution in [0.1, 0.15) is 41.0 Å². The highest BCUT2D eigenvalue weighted by Gasteiger charge is 2.31. The number of amides is 1. The summed E-state index contributed by atoms with van der Waals surface area (Å²) in [5.41, 5.74) is -0.347. The van der Waals surface area contributed by atoms with Crippen molar-refractivity contribution in [1.82, 2.24) is 15.1 Å². The number of esters is 1. The molecule has 0 fully saturated rings. The van der Waals surface area contributed by atoms with Gasteiger partial charge in [0.05, 0.1) is 50.7 Å². The van der Waals surface area contributed by atoms with Crippen molar-refractivity contribution in [3.05, 3.63) is 71.5 Å². The highest BCUT2D eigenvalue weighted by molar-refractivity contribution is 5.95. The summed E-state index contributed by atoms with van der Waals surface area (Å²) in [4.78, 5) is 25.3. The standard InChI is InChI=1S/C24H24F3N3O5/c1-4-35-21(31)13-19(15-7-5-10-18(11-15)33-2)28-23(32)22-20(34-3)14-30(29-22)17-9-6-8-16(12-17)24(25,26)27/h5-12,14,19H,4,13H2,1-3H3,(H,28,32). The summed E-state index contributed by atoms with van der Waals surface area (Å²) in [5, 5.41) is 6.88. The van der Waals surface area contributed by atoms with Gasteiger partial charge in [0.2, 0.25) is 0 Å².